The summed E-state index contributed by atoms with van der Waals surface area (Å²) in [4.78, 5) is 0. The lowest BCUT2D eigenvalue weighted by Gasteiger charge is -2.13. The Bertz CT molecular complexity index is 462. The van der Waals surface area contributed by atoms with Crippen molar-refractivity contribution in [2.75, 3.05) is 0 Å². The van der Waals surface area contributed by atoms with E-state index in [0.717, 1.165) is 0 Å². The second-order valence-electron chi connectivity index (χ2n) is 3.03. The molecule has 0 saturated carbocycles. The molecule has 0 radical (unpaired) electrons. The number of alkyl halides is 2. The molecule has 0 bridgehead atoms. The van der Waals surface area contributed by atoms with Crippen molar-refractivity contribution >= 4 is 19.7 Å². The topological polar surface area (TPSA) is 43.4 Å². The van der Waals surface area contributed by atoms with Crippen LogP contribution < -0.4 is 4.74 Å². The molecule has 0 spiro atoms. The van der Waals surface area contributed by atoms with Crippen molar-refractivity contribution in [2.45, 2.75) is 18.8 Å². The Hall–Kier alpha value is -0.880. The van der Waals surface area contributed by atoms with Gasteiger partial charge in [0.1, 0.15) is 11.0 Å². The summed E-state index contributed by atoms with van der Waals surface area (Å²) in [5.41, 5.74) is 0.109. The zero-order valence-corrected chi connectivity index (χ0v) is 9.80. The molecule has 0 fully saturated rings. The van der Waals surface area contributed by atoms with Crippen molar-refractivity contribution in [3.05, 3.63) is 29.8 Å². The maximum absolute atomic E-state index is 12.1. The molecule has 1 aromatic carbocycles. The molecular formula is C9H9ClF2O3S. The molecule has 0 amide bonds. The molecular weight excluding hydrogens is 262 g/mol. The van der Waals surface area contributed by atoms with E-state index in [1.807, 2.05) is 0 Å². The molecule has 1 unspecified atom stereocenters. The Morgan fingerprint density at radius 1 is 1.31 bits per heavy atom. The van der Waals surface area contributed by atoms with E-state index < -0.39 is 20.9 Å². The van der Waals surface area contributed by atoms with Crippen LogP contribution in [-0.4, -0.2) is 15.0 Å². The van der Waals surface area contributed by atoms with E-state index in [2.05, 4.69) is 4.74 Å². The zero-order chi connectivity index (χ0) is 12.3. The molecule has 3 nitrogen and oxygen atoms in total. The van der Waals surface area contributed by atoms with Gasteiger partial charge < -0.3 is 4.74 Å². The first-order chi connectivity index (χ1) is 7.32. The van der Waals surface area contributed by atoms with Crippen LogP contribution in [0.1, 0.15) is 17.7 Å². The number of benzene rings is 1. The average molecular weight is 271 g/mol. The molecule has 0 aliphatic heterocycles. The van der Waals surface area contributed by atoms with Crippen molar-refractivity contribution in [1.82, 2.24) is 0 Å². The van der Waals surface area contributed by atoms with Crippen LogP contribution in [-0.2, 0) is 9.05 Å². The molecule has 0 saturated heterocycles. The first-order valence-electron chi connectivity index (χ1n) is 4.29. The number of rotatable bonds is 4. The fraction of sp³-hybridized carbons (Fsp3) is 0.333. The van der Waals surface area contributed by atoms with Gasteiger partial charge in [0.05, 0.1) is 0 Å². The van der Waals surface area contributed by atoms with E-state index in [1.54, 1.807) is 0 Å². The van der Waals surface area contributed by atoms with E-state index in [4.69, 9.17) is 10.7 Å². The van der Waals surface area contributed by atoms with Gasteiger partial charge in [-0.15, -0.1) is 0 Å². The number of hydrogen-bond acceptors (Lipinski definition) is 3. The lowest BCUT2D eigenvalue weighted by Crippen LogP contribution is -2.09. The summed E-state index contributed by atoms with van der Waals surface area (Å²) in [6.07, 6.45) is 0. The minimum absolute atomic E-state index is 0.109. The first kappa shape index (κ1) is 13.2. The molecule has 1 aromatic rings. The third-order valence-corrected chi connectivity index (χ3v) is 3.90. The van der Waals surface area contributed by atoms with Gasteiger partial charge in [-0.2, -0.15) is 8.78 Å². The van der Waals surface area contributed by atoms with Gasteiger partial charge in [0.2, 0.25) is 9.05 Å². The average Bonchev–Trinajstić information content (AvgIpc) is 2.15. The molecule has 16 heavy (non-hydrogen) atoms. The standard InChI is InChI=1S/C9H9ClF2O3S/c1-6(16(10,13)14)7-4-2-3-5-8(7)15-9(11)12/h2-6,9H,1H3. The van der Waals surface area contributed by atoms with Gasteiger partial charge in [-0.3, -0.25) is 0 Å². The summed E-state index contributed by atoms with van der Waals surface area (Å²) in [5.74, 6) is -0.186. The van der Waals surface area contributed by atoms with Gasteiger partial charge in [0, 0.05) is 16.2 Å². The van der Waals surface area contributed by atoms with E-state index in [1.165, 1.54) is 31.2 Å². The quantitative estimate of drug-likeness (QED) is 0.790. The van der Waals surface area contributed by atoms with Crippen LogP contribution in [0.25, 0.3) is 0 Å². The van der Waals surface area contributed by atoms with E-state index in [0.29, 0.717) is 0 Å². The van der Waals surface area contributed by atoms with Crippen molar-refractivity contribution in [1.29, 1.82) is 0 Å². The molecule has 0 N–H and O–H groups in total. The van der Waals surface area contributed by atoms with Gasteiger partial charge in [-0.25, -0.2) is 8.42 Å². The maximum Gasteiger partial charge on any atom is 0.387 e. The van der Waals surface area contributed by atoms with Crippen LogP contribution in [0.4, 0.5) is 8.78 Å². The maximum atomic E-state index is 12.1. The van der Waals surface area contributed by atoms with Crippen molar-refractivity contribution in [3.8, 4) is 5.75 Å². The SMILES string of the molecule is CC(c1ccccc1OC(F)F)S(=O)(=O)Cl. The van der Waals surface area contributed by atoms with E-state index >= 15 is 0 Å². The fourth-order valence-electron chi connectivity index (χ4n) is 1.17. The summed E-state index contributed by atoms with van der Waals surface area (Å²) in [6, 6.07) is 5.63. The largest absolute Gasteiger partial charge is 0.434 e. The highest BCUT2D eigenvalue weighted by atomic mass is 35.7. The van der Waals surface area contributed by atoms with Gasteiger partial charge in [0.25, 0.3) is 0 Å². The highest BCUT2D eigenvalue weighted by molar-refractivity contribution is 8.13. The molecule has 1 rings (SSSR count). The molecule has 90 valence electrons. The normalized spacial score (nSPS) is 13.8. The summed E-state index contributed by atoms with van der Waals surface area (Å²) in [6.45, 7) is -1.71. The van der Waals surface area contributed by atoms with Crippen LogP contribution in [0.5, 0.6) is 5.75 Å². The Balaban J connectivity index is 3.13. The summed E-state index contributed by atoms with van der Waals surface area (Å²) in [7, 11) is 1.29. The molecule has 0 heterocycles. The van der Waals surface area contributed by atoms with Crippen LogP contribution in [0.2, 0.25) is 0 Å². The number of hydrogen-bond donors (Lipinski definition) is 0. The zero-order valence-electron chi connectivity index (χ0n) is 8.23. The molecule has 1 atom stereocenters. The second kappa shape index (κ2) is 4.97. The predicted octanol–water partition coefficient (Wildman–Crippen LogP) is 2.92. The van der Waals surface area contributed by atoms with Crippen LogP contribution in [0.3, 0.4) is 0 Å². The fourth-order valence-corrected chi connectivity index (χ4v) is 1.96. The summed E-state index contributed by atoms with van der Waals surface area (Å²) < 4.78 is 50.5. The monoisotopic (exact) mass is 270 g/mol. The smallest absolute Gasteiger partial charge is 0.387 e. The third-order valence-electron chi connectivity index (χ3n) is 2.00. The Kier molecular flexibility index (Phi) is 4.09. The predicted molar refractivity (Wildman–Crippen MR) is 56.3 cm³/mol. The number of halogens is 3. The van der Waals surface area contributed by atoms with Crippen molar-refractivity contribution in [2.24, 2.45) is 0 Å². The van der Waals surface area contributed by atoms with Gasteiger partial charge in [0.15, 0.2) is 0 Å². The van der Waals surface area contributed by atoms with Crippen LogP contribution in [0.15, 0.2) is 24.3 Å². The minimum Gasteiger partial charge on any atom is -0.434 e. The van der Waals surface area contributed by atoms with Crippen molar-refractivity contribution < 1.29 is 21.9 Å². The Morgan fingerprint density at radius 3 is 2.38 bits per heavy atom. The lowest BCUT2D eigenvalue weighted by atomic mass is 10.1. The summed E-state index contributed by atoms with van der Waals surface area (Å²) >= 11 is 0. The highest BCUT2D eigenvalue weighted by Crippen LogP contribution is 2.32. The van der Waals surface area contributed by atoms with E-state index in [-0.39, 0.29) is 11.3 Å². The van der Waals surface area contributed by atoms with Crippen molar-refractivity contribution in [3.63, 3.8) is 0 Å². The molecule has 0 aliphatic carbocycles. The van der Waals surface area contributed by atoms with Crippen LogP contribution in [0, 0.1) is 0 Å². The molecule has 0 aromatic heterocycles. The summed E-state index contributed by atoms with van der Waals surface area (Å²) in [5, 5.41) is -1.11. The number of ether oxygens (including phenoxy) is 1. The molecule has 7 heteroatoms. The van der Waals surface area contributed by atoms with Crippen LogP contribution >= 0.6 is 10.7 Å². The van der Waals surface area contributed by atoms with E-state index in [9.17, 15) is 17.2 Å². The number of para-hydroxylation sites is 1. The lowest BCUT2D eigenvalue weighted by molar-refractivity contribution is -0.0504. The van der Waals surface area contributed by atoms with Gasteiger partial charge >= 0.3 is 6.61 Å². The van der Waals surface area contributed by atoms with Gasteiger partial charge in [-0.05, 0) is 13.0 Å². The first-order valence-corrected chi connectivity index (χ1v) is 6.67. The minimum atomic E-state index is -3.87. The second-order valence-corrected chi connectivity index (χ2v) is 5.98. The Labute approximate surface area is 96.4 Å². The van der Waals surface area contributed by atoms with Gasteiger partial charge in [-0.1, -0.05) is 18.2 Å². The highest BCUT2D eigenvalue weighted by Gasteiger charge is 2.24. The molecule has 0 aliphatic rings. The Morgan fingerprint density at radius 2 is 1.88 bits per heavy atom. The third kappa shape index (κ3) is 3.31.